The van der Waals surface area contributed by atoms with Crippen LogP contribution < -0.4 is 4.90 Å². The van der Waals surface area contributed by atoms with Gasteiger partial charge in [0, 0.05) is 31.9 Å². The van der Waals surface area contributed by atoms with Crippen molar-refractivity contribution in [3.8, 4) is 0 Å². The van der Waals surface area contributed by atoms with E-state index in [-0.39, 0.29) is 0 Å². The second kappa shape index (κ2) is 6.98. The highest BCUT2D eigenvalue weighted by molar-refractivity contribution is 6.13. The third-order valence-corrected chi connectivity index (χ3v) is 2.68. The number of hydrogen-bond acceptors (Lipinski definition) is 3. The molecule has 0 atom stereocenters. The Labute approximate surface area is 105 Å². The lowest BCUT2D eigenvalue weighted by Gasteiger charge is -2.32. The van der Waals surface area contributed by atoms with E-state index in [1.807, 2.05) is 10.5 Å². The van der Waals surface area contributed by atoms with E-state index in [4.69, 9.17) is 26.8 Å². The summed E-state index contributed by atoms with van der Waals surface area (Å²) in [6, 6.07) is 10.5. The first-order valence-corrected chi connectivity index (χ1v) is 5.56. The smallest absolute Gasteiger partial charge is 0.450 e. The van der Waals surface area contributed by atoms with Crippen LogP contribution in [-0.2, 0) is 0 Å². The number of anilines is 1. The lowest BCUT2D eigenvalue weighted by atomic mass is 10.2. The van der Waals surface area contributed by atoms with Gasteiger partial charge in [-0.3, -0.25) is 0 Å². The molecule has 0 unspecified atom stereocenters. The molecular weight excluding hydrogens is 244 g/mol. The van der Waals surface area contributed by atoms with Gasteiger partial charge in [-0.2, -0.15) is 0 Å². The van der Waals surface area contributed by atoms with Crippen LogP contribution in [0, 0.1) is 0 Å². The van der Waals surface area contributed by atoms with Gasteiger partial charge in [0.25, 0.3) is 0 Å². The zero-order valence-corrected chi connectivity index (χ0v) is 10.0. The van der Waals surface area contributed by atoms with E-state index in [1.165, 1.54) is 5.69 Å². The van der Waals surface area contributed by atoms with E-state index < -0.39 is 6.16 Å². The van der Waals surface area contributed by atoms with Crippen molar-refractivity contribution in [1.29, 1.82) is 0 Å². The highest BCUT2D eigenvalue weighted by atomic mass is 35.5. The number of nitrogens with zero attached hydrogens (tertiary/aromatic N) is 2. The van der Waals surface area contributed by atoms with Crippen LogP contribution in [0.4, 0.5) is 10.5 Å². The number of carboxylic acid groups (broad SMARTS) is 2. The fraction of sp³-hybridized carbons (Fsp3) is 0.364. The third kappa shape index (κ3) is 5.42. The van der Waals surface area contributed by atoms with Crippen molar-refractivity contribution in [1.82, 2.24) is 4.42 Å². The minimum Gasteiger partial charge on any atom is -0.450 e. The third-order valence-electron chi connectivity index (χ3n) is 2.35. The Morgan fingerprint density at radius 2 is 1.53 bits per heavy atom. The van der Waals surface area contributed by atoms with Crippen LogP contribution in [0.15, 0.2) is 30.3 Å². The summed E-state index contributed by atoms with van der Waals surface area (Å²) in [5.74, 6) is 0. The number of para-hydroxylation sites is 1. The molecule has 1 aliphatic rings. The molecule has 0 bridgehead atoms. The van der Waals surface area contributed by atoms with Gasteiger partial charge in [0.1, 0.15) is 0 Å². The SMILES string of the molecule is ClN1CCN(c2ccccc2)CC1.O=C(O)O. The number of piperazine rings is 1. The molecular formula is C11H15ClN2O3. The monoisotopic (exact) mass is 258 g/mol. The quantitative estimate of drug-likeness (QED) is 0.756. The summed E-state index contributed by atoms with van der Waals surface area (Å²) in [5.41, 5.74) is 1.30. The predicted octanol–water partition coefficient (Wildman–Crippen LogP) is 2.18. The number of rotatable bonds is 1. The molecule has 0 radical (unpaired) electrons. The Hall–Kier alpha value is -1.46. The Bertz CT molecular complexity index is 336. The van der Waals surface area contributed by atoms with E-state index in [1.54, 1.807) is 0 Å². The van der Waals surface area contributed by atoms with Crippen LogP contribution in [0.5, 0.6) is 0 Å². The van der Waals surface area contributed by atoms with Crippen molar-refractivity contribution in [2.45, 2.75) is 0 Å². The Kier molecular flexibility index (Phi) is 5.59. The van der Waals surface area contributed by atoms with E-state index in [0.717, 1.165) is 26.2 Å². The first kappa shape index (κ1) is 13.6. The molecule has 17 heavy (non-hydrogen) atoms. The second-order valence-corrected chi connectivity index (χ2v) is 3.99. The van der Waals surface area contributed by atoms with E-state index in [0.29, 0.717) is 0 Å². The molecule has 0 amide bonds. The molecule has 2 N–H and O–H groups in total. The van der Waals surface area contributed by atoms with Gasteiger partial charge in [-0.1, -0.05) is 18.2 Å². The van der Waals surface area contributed by atoms with Crippen LogP contribution in [0.1, 0.15) is 0 Å². The zero-order chi connectivity index (χ0) is 12.7. The molecule has 0 saturated carbocycles. The van der Waals surface area contributed by atoms with E-state index in [2.05, 4.69) is 29.2 Å². The van der Waals surface area contributed by atoms with Crippen molar-refractivity contribution in [3.05, 3.63) is 30.3 Å². The molecule has 0 spiro atoms. The predicted molar refractivity (Wildman–Crippen MR) is 66.7 cm³/mol. The maximum Gasteiger partial charge on any atom is 0.503 e. The maximum atomic E-state index is 8.56. The molecule has 94 valence electrons. The number of carbonyl (C=O) groups is 1. The van der Waals surface area contributed by atoms with Gasteiger partial charge in [0.2, 0.25) is 0 Å². The molecule has 1 aromatic rings. The lowest BCUT2D eigenvalue weighted by molar-refractivity contribution is 0.137. The summed E-state index contributed by atoms with van der Waals surface area (Å²) in [4.78, 5) is 10.9. The summed E-state index contributed by atoms with van der Waals surface area (Å²) >= 11 is 5.88. The molecule has 0 aromatic heterocycles. The van der Waals surface area contributed by atoms with Crippen LogP contribution in [0.25, 0.3) is 0 Å². The number of benzene rings is 1. The normalized spacial score (nSPS) is 15.9. The van der Waals surface area contributed by atoms with Crippen LogP contribution >= 0.6 is 11.8 Å². The molecule has 1 fully saturated rings. The first-order valence-electron chi connectivity index (χ1n) is 5.22. The van der Waals surface area contributed by atoms with Gasteiger partial charge in [0.15, 0.2) is 0 Å². The van der Waals surface area contributed by atoms with E-state index >= 15 is 0 Å². The molecule has 5 nitrogen and oxygen atoms in total. The van der Waals surface area contributed by atoms with Crippen molar-refractivity contribution >= 4 is 23.6 Å². The summed E-state index contributed by atoms with van der Waals surface area (Å²) in [6.45, 7) is 3.92. The number of halogens is 1. The number of hydrogen-bond donors (Lipinski definition) is 2. The molecule has 1 aromatic carbocycles. The van der Waals surface area contributed by atoms with Crippen molar-refractivity contribution in [2.75, 3.05) is 31.1 Å². The highest BCUT2D eigenvalue weighted by Crippen LogP contribution is 2.15. The van der Waals surface area contributed by atoms with E-state index in [9.17, 15) is 0 Å². The topological polar surface area (TPSA) is 64.0 Å². The van der Waals surface area contributed by atoms with Gasteiger partial charge < -0.3 is 15.1 Å². The van der Waals surface area contributed by atoms with Crippen molar-refractivity contribution in [2.24, 2.45) is 0 Å². The summed E-state index contributed by atoms with van der Waals surface area (Å²) < 4.78 is 1.85. The first-order chi connectivity index (χ1) is 8.09. The van der Waals surface area contributed by atoms with Gasteiger partial charge in [-0.15, -0.1) is 0 Å². The van der Waals surface area contributed by atoms with Crippen molar-refractivity contribution < 1.29 is 15.0 Å². The molecule has 1 aliphatic heterocycles. The standard InChI is InChI=1S/C10H13ClN2.CH2O3/c11-13-8-6-12(7-9-13)10-4-2-1-3-5-10;2-1(3)4/h1-5H,6-9H2;(H2,2,3,4). The van der Waals surface area contributed by atoms with Crippen LogP contribution in [0.3, 0.4) is 0 Å². The highest BCUT2D eigenvalue weighted by Gasteiger charge is 2.14. The lowest BCUT2D eigenvalue weighted by Crippen LogP contribution is -2.42. The summed E-state index contributed by atoms with van der Waals surface area (Å²) in [6.07, 6.45) is -1.83. The summed E-state index contributed by atoms with van der Waals surface area (Å²) in [7, 11) is 0. The van der Waals surface area contributed by atoms with Gasteiger partial charge >= 0.3 is 6.16 Å². The fourth-order valence-corrected chi connectivity index (χ4v) is 1.73. The minimum absolute atomic E-state index is 0.941. The minimum atomic E-state index is -1.83. The molecule has 6 heteroatoms. The Balaban J connectivity index is 0.000000317. The van der Waals surface area contributed by atoms with Gasteiger partial charge in [-0.05, 0) is 23.9 Å². The van der Waals surface area contributed by atoms with Crippen molar-refractivity contribution in [3.63, 3.8) is 0 Å². The molecule has 0 aliphatic carbocycles. The molecule has 2 rings (SSSR count). The van der Waals surface area contributed by atoms with Gasteiger partial charge in [0.05, 0.1) is 0 Å². The fourth-order valence-electron chi connectivity index (χ4n) is 1.58. The largest absolute Gasteiger partial charge is 0.503 e. The van der Waals surface area contributed by atoms with Crippen LogP contribution in [0.2, 0.25) is 0 Å². The molecule has 1 heterocycles. The second-order valence-electron chi connectivity index (χ2n) is 3.52. The maximum absolute atomic E-state index is 8.56. The van der Waals surface area contributed by atoms with Gasteiger partial charge in [-0.25, -0.2) is 9.21 Å². The van der Waals surface area contributed by atoms with Crippen LogP contribution in [-0.4, -0.2) is 47.0 Å². The Morgan fingerprint density at radius 1 is 1.06 bits per heavy atom. The average Bonchev–Trinajstić information content (AvgIpc) is 2.30. The average molecular weight is 259 g/mol. The zero-order valence-electron chi connectivity index (χ0n) is 9.29. The molecule has 1 saturated heterocycles. The Morgan fingerprint density at radius 3 is 2.00 bits per heavy atom. The summed E-state index contributed by atoms with van der Waals surface area (Å²) in [5, 5.41) is 13.9.